The van der Waals surface area contributed by atoms with Crippen molar-refractivity contribution in [3.05, 3.63) is 35.9 Å². The molecule has 0 aromatic heterocycles. The molecule has 3 rings (SSSR count). The van der Waals surface area contributed by atoms with E-state index in [0.29, 0.717) is 24.2 Å². The van der Waals surface area contributed by atoms with E-state index >= 15 is 0 Å². The van der Waals surface area contributed by atoms with E-state index in [-0.39, 0.29) is 5.78 Å². The fourth-order valence-electron chi connectivity index (χ4n) is 2.57. The molecular weight excluding hydrogens is 232 g/mol. The van der Waals surface area contributed by atoms with Gasteiger partial charge in [-0.05, 0) is 12.1 Å². The van der Waals surface area contributed by atoms with Crippen LogP contribution >= 0.6 is 0 Å². The molecule has 1 heterocycles. The van der Waals surface area contributed by atoms with Crippen LogP contribution in [0.15, 0.2) is 30.3 Å². The SMILES string of the molecule is COC(=O)[C@@]12CCC(=O)C=C1c1ccccc1O2. The van der Waals surface area contributed by atoms with Crippen molar-refractivity contribution in [2.75, 3.05) is 7.11 Å². The Kier molecular flexibility index (Phi) is 2.26. The molecule has 0 bridgehead atoms. The van der Waals surface area contributed by atoms with Gasteiger partial charge < -0.3 is 9.47 Å². The lowest BCUT2D eigenvalue weighted by molar-refractivity contribution is -0.154. The van der Waals surface area contributed by atoms with E-state index in [1.54, 1.807) is 6.07 Å². The first-order chi connectivity index (χ1) is 8.67. The molecular formula is C14H12O4. The van der Waals surface area contributed by atoms with Gasteiger partial charge in [-0.3, -0.25) is 4.79 Å². The molecule has 4 nitrogen and oxygen atoms in total. The second-order valence-electron chi connectivity index (χ2n) is 4.44. The van der Waals surface area contributed by atoms with Crippen molar-refractivity contribution in [2.24, 2.45) is 0 Å². The van der Waals surface area contributed by atoms with Gasteiger partial charge in [-0.15, -0.1) is 0 Å². The fourth-order valence-corrected chi connectivity index (χ4v) is 2.57. The molecule has 1 atom stereocenters. The molecule has 0 radical (unpaired) electrons. The fraction of sp³-hybridized carbons (Fsp3) is 0.286. The molecule has 18 heavy (non-hydrogen) atoms. The van der Waals surface area contributed by atoms with Gasteiger partial charge in [0.2, 0.25) is 5.60 Å². The van der Waals surface area contributed by atoms with Crippen molar-refractivity contribution in [1.29, 1.82) is 0 Å². The predicted molar refractivity (Wildman–Crippen MR) is 64.0 cm³/mol. The molecule has 0 saturated carbocycles. The summed E-state index contributed by atoms with van der Waals surface area (Å²) in [6.07, 6.45) is 2.14. The Morgan fingerprint density at radius 1 is 1.39 bits per heavy atom. The third-order valence-electron chi connectivity index (χ3n) is 3.44. The second kappa shape index (κ2) is 3.70. The lowest BCUT2D eigenvalue weighted by Gasteiger charge is -2.29. The summed E-state index contributed by atoms with van der Waals surface area (Å²) in [6, 6.07) is 7.34. The van der Waals surface area contributed by atoms with E-state index in [0.717, 1.165) is 5.56 Å². The van der Waals surface area contributed by atoms with Gasteiger partial charge >= 0.3 is 5.97 Å². The first-order valence-corrected chi connectivity index (χ1v) is 5.79. The maximum absolute atomic E-state index is 12.0. The number of carbonyl (C=O) groups is 2. The maximum Gasteiger partial charge on any atom is 0.355 e. The quantitative estimate of drug-likeness (QED) is 0.706. The minimum absolute atomic E-state index is 0.0184. The molecule has 0 saturated heterocycles. The highest BCUT2D eigenvalue weighted by molar-refractivity contribution is 6.10. The molecule has 0 amide bonds. The van der Waals surface area contributed by atoms with Crippen LogP contribution in [-0.4, -0.2) is 24.5 Å². The maximum atomic E-state index is 12.0. The molecule has 92 valence electrons. The first kappa shape index (κ1) is 11.0. The highest BCUT2D eigenvalue weighted by Crippen LogP contribution is 2.48. The number of fused-ring (bicyclic) bond motifs is 3. The molecule has 1 aromatic rings. The zero-order chi connectivity index (χ0) is 12.8. The van der Waals surface area contributed by atoms with E-state index < -0.39 is 11.6 Å². The Morgan fingerprint density at radius 2 is 2.17 bits per heavy atom. The number of allylic oxidation sites excluding steroid dienone is 1. The highest BCUT2D eigenvalue weighted by Gasteiger charge is 2.53. The van der Waals surface area contributed by atoms with Crippen molar-refractivity contribution in [3.8, 4) is 5.75 Å². The number of para-hydroxylation sites is 1. The summed E-state index contributed by atoms with van der Waals surface area (Å²) in [6.45, 7) is 0. The monoisotopic (exact) mass is 244 g/mol. The zero-order valence-corrected chi connectivity index (χ0v) is 9.93. The number of ether oxygens (including phenoxy) is 2. The summed E-state index contributed by atoms with van der Waals surface area (Å²) in [5, 5.41) is 0. The molecule has 0 spiro atoms. The molecule has 1 aliphatic heterocycles. The number of hydrogen-bond acceptors (Lipinski definition) is 4. The summed E-state index contributed by atoms with van der Waals surface area (Å²) < 4.78 is 10.6. The van der Waals surface area contributed by atoms with Crippen molar-refractivity contribution in [1.82, 2.24) is 0 Å². The number of rotatable bonds is 1. The van der Waals surface area contributed by atoms with Gasteiger partial charge in [0.25, 0.3) is 0 Å². The van der Waals surface area contributed by atoms with Crippen molar-refractivity contribution >= 4 is 17.3 Å². The zero-order valence-electron chi connectivity index (χ0n) is 9.93. The van der Waals surface area contributed by atoms with Gasteiger partial charge in [0, 0.05) is 24.0 Å². The summed E-state index contributed by atoms with van der Waals surface area (Å²) in [7, 11) is 1.33. The largest absolute Gasteiger partial charge is 0.470 e. The average Bonchev–Trinajstić information content (AvgIpc) is 2.73. The number of hydrogen-bond donors (Lipinski definition) is 0. The van der Waals surface area contributed by atoms with E-state index in [9.17, 15) is 9.59 Å². The minimum atomic E-state index is -1.13. The van der Waals surface area contributed by atoms with Crippen LogP contribution < -0.4 is 4.74 Å². The molecule has 4 heteroatoms. The van der Waals surface area contributed by atoms with Gasteiger partial charge in [0.15, 0.2) is 5.78 Å². The number of esters is 1. The van der Waals surface area contributed by atoms with Gasteiger partial charge in [0.1, 0.15) is 5.75 Å². The van der Waals surface area contributed by atoms with E-state index in [1.165, 1.54) is 13.2 Å². The second-order valence-corrected chi connectivity index (χ2v) is 4.44. The van der Waals surface area contributed by atoms with E-state index in [2.05, 4.69) is 0 Å². The number of benzene rings is 1. The van der Waals surface area contributed by atoms with Crippen LogP contribution in [0.1, 0.15) is 18.4 Å². The smallest absolute Gasteiger partial charge is 0.355 e. The van der Waals surface area contributed by atoms with E-state index in [1.807, 2.05) is 18.2 Å². The molecule has 0 fully saturated rings. The third-order valence-corrected chi connectivity index (χ3v) is 3.44. The molecule has 0 unspecified atom stereocenters. The summed E-state index contributed by atoms with van der Waals surface area (Å²) in [4.78, 5) is 23.6. The van der Waals surface area contributed by atoms with Gasteiger partial charge in [-0.25, -0.2) is 4.79 Å². The van der Waals surface area contributed by atoms with Gasteiger partial charge in [-0.1, -0.05) is 18.2 Å². The lowest BCUT2D eigenvalue weighted by atomic mass is 9.81. The molecule has 0 N–H and O–H groups in total. The lowest BCUT2D eigenvalue weighted by Crippen LogP contribution is -2.45. The Balaban J connectivity index is 2.20. The van der Waals surface area contributed by atoms with Crippen LogP contribution in [0.4, 0.5) is 0 Å². The van der Waals surface area contributed by atoms with Crippen molar-refractivity contribution < 1.29 is 19.1 Å². The molecule has 2 aliphatic rings. The van der Waals surface area contributed by atoms with Crippen molar-refractivity contribution in [3.63, 3.8) is 0 Å². The van der Waals surface area contributed by atoms with Crippen LogP contribution in [0.2, 0.25) is 0 Å². The number of ketones is 1. The standard InChI is InChI=1S/C14H12O4/c1-17-13(16)14-7-6-9(15)8-11(14)10-4-2-3-5-12(10)18-14/h2-5,8H,6-7H2,1H3/t14-/m1/s1. The molecule has 1 aromatic carbocycles. The van der Waals surface area contributed by atoms with Crippen molar-refractivity contribution in [2.45, 2.75) is 18.4 Å². The third kappa shape index (κ3) is 1.32. The molecule has 1 aliphatic carbocycles. The minimum Gasteiger partial charge on any atom is -0.470 e. The Hall–Kier alpha value is -2.10. The topological polar surface area (TPSA) is 52.6 Å². The number of methoxy groups -OCH3 is 1. The van der Waals surface area contributed by atoms with Crippen LogP contribution in [0.5, 0.6) is 5.75 Å². The van der Waals surface area contributed by atoms with Crippen LogP contribution in [-0.2, 0) is 14.3 Å². The first-order valence-electron chi connectivity index (χ1n) is 5.79. The normalized spacial score (nSPS) is 24.7. The summed E-state index contributed by atoms with van der Waals surface area (Å²) in [5.74, 6) is 0.200. The predicted octanol–water partition coefficient (Wildman–Crippen LogP) is 1.74. The van der Waals surface area contributed by atoms with Gasteiger partial charge in [0.05, 0.1) is 7.11 Å². The average molecular weight is 244 g/mol. The summed E-state index contributed by atoms with van der Waals surface area (Å²) >= 11 is 0. The van der Waals surface area contributed by atoms with Crippen LogP contribution in [0, 0.1) is 0 Å². The van der Waals surface area contributed by atoms with E-state index in [4.69, 9.17) is 9.47 Å². The Bertz CT molecular complexity index is 573. The Labute approximate surface area is 104 Å². The Morgan fingerprint density at radius 3 is 2.94 bits per heavy atom. The highest BCUT2D eigenvalue weighted by atomic mass is 16.6. The van der Waals surface area contributed by atoms with Gasteiger partial charge in [-0.2, -0.15) is 0 Å². The van der Waals surface area contributed by atoms with Crippen LogP contribution in [0.25, 0.3) is 5.57 Å². The number of carbonyl (C=O) groups excluding carboxylic acids is 2. The summed E-state index contributed by atoms with van der Waals surface area (Å²) in [5.41, 5.74) is 0.295. The van der Waals surface area contributed by atoms with Crippen LogP contribution in [0.3, 0.4) is 0 Å².